The van der Waals surface area contributed by atoms with E-state index >= 15 is 0 Å². The summed E-state index contributed by atoms with van der Waals surface area (Å²) in [5.41, 5.74) is 4.42. The maximum absolute atomic E-state index is 13.2. The monoisotopic (exact) mass is 690 g/mol. The van der Waals surface area contributed by atoms with Crippen LogP contribution < -0.4 is 10.6 Å². The van der Waals surface area contributed by atoms with Crippen LogP contribution in [0.1, 0.15) is 43.5 Å². The Morgan fingerprint density at radius 1 is 0.558 bits per heavy atom. The number of aromatic amines is 2. The molecule has 0 fully saturated rings. The number of H-pyrrole nitrogens is 2. The molecular weight excluding hydrogens is 664 g/mol. The zero-order valence-corrected chi connectivity index (χ0v) is 26.9. The number of nitrogens with zero attached hydrogens (tertiary/aromatic N) is 4. The highest BCUT2D eigenvalue weighted by Gasteiger charge is 2.17. The average Bonchev–Trinajstić information content (AvgIpc) is 3.79. The van der Waals surface area contributed by atoms with E-state index in [0.29, 0.717) is 67.4 Å². The van der Waals surface area contributed by atoms with Gasteiger partial charge in [-0.3, -0.25) is 29.8 Å². The van der Waals surface area contributed by atoms with Crippen LogP contribution in [-0.4, -0.2) is 41.6 Å². The van der Waals surface area contributed by atoms with Gasteiger partial charge < -0.3 is 20.6 Å². The third kappa shape index (κ3) is 7.16. The maximum Gasteiger partial charge on any atom is 0.271 e. The topological polar surface area (TPSA) is 202 Å². The van der Waals surface area contributed by atoms with Crippen molar-refractivity contribution in [2.45, 2.75) is 0 Å². The molecule has 254 valence electrons. The van der Waals surface area contributed by atoms with Gasteiger partial charge >= 0.3 is 0 Å². The molecule has 0 aliphatic carbocycles. The second kappa shape index (κ2) is 14.0. The van der Waals surface area contributed by atoms with Crippen molar-refractivity contribution in [3.8, 4) is 0 Å². The zero-order valence-electron chi connectivity index (χ0n) is 26.9. The molecule has 0 atom stereocenters. The van der Waals surface area contributed by atoms with E-state index in [1.165, 1.54) is 24.3 Å². The summed E-state index contributed by atoms with van der Waals surface area (Å²) in [6, 6.07) is 33.0. The molecule has 0 bridgehead atoms. The minimum absolute atomic E-state index is 0.115. The van der Waals surface area contributed by atoms with Gasteiger partial charge in [0.1, 0.15) is 0 Å². The number of imidazole rings is 2. The number of nitro groups is 2. The fourth-order valence-corrected chi connectivity index (χ4v) is 5.39. The fourth-order valence-electron chi connectivity index (χ4n) is 5.39. The average molecular weight is 691 g/mol. The van der Waals surface area contributed by atoms with Crippen LogP contribution in [0.25, 0.3) is 45.6 Å². The number of fused-ring (bicyclic) bond motifs is 2. The first-order valence-electron chi connectivity index (χ1n) is 15.8. The fraction of sp³-hybridized carbons (Fsp3) is 0. The molecule has 52 heavy (non-hydrogen) atoms. The lowest BCUT2D eigenvalue weighted by molar-refractivity contribution is -0.384. The molecule has 0 unspecified atom stereocenters. The van der Waals surface area contributed by atoms with E-state index in [9.17, 15) is 29.8 Å². The summed E-state index contributed by atoms with van der Waals surface area (Å²) in [5, 5.41) is 28.5. The van der Waals surface area contributed by atoms with Crippen LogP contribution in [-0.2, 0) is 0 Å². The molecule has 0 saturated carbocycles. The quantitative estimate of drug-likeness (QED) is 0.0858. The highest BCUT2D eigenvalue weighted by atomic mass is 16.6. The van der Waals surface area contributed by atoms with Crippen LogP contribution in [0.5, 0.6) is 0 Å². The molecule has 0 spiro atoms. The largest absolute Gasteiger partial charge is 0.337 e. The second-order valence-electron chi connectivity index (χ2n) is 11.5. The molecule has 2 heterocycles. The highest BCUT2D eigenvalue weighted by molar-refractivity contribution is 6.03. The first-order valence-corrected chi connectivity index (χ1v) is 15.8. The standard InChI is InChI=1S/C38H26N8O6/c47-37(25-7-3-1-4-8-25)43-33(35-39-29-17-15-27(45(49)50)21-31(29)41-35)19-23-11-13-24(14-12-23)20-34(44-38(48)26-9-5-2-6-10-26)36-40-30-18-16-28(46(51)52)22-32(30)42-36/h1-22H,(H,39,41)(H,40,42)(H,43,47)(H,44,48). The molecule has 0 aliphatic heterocycles. The first kappa shape index (κ1) is 32.8. The number of nitro benzene ring substituents is 2. The zero-order chi connectivity index (χ0) is 36.2. The number of benzene rings is 5. The normalized spacial score (nSPS) is 11.8. The number of amides is 2. The van der Waals surface area contributed by atoms with Gasteiger partial charge in [-0.25, -0.2) is 9.97 Å². The third-order valence-corrected chi connectivity index (χ3v) is 7.99. The summed E-state index contributed by atoms with van der Waals surface area (Å²) in [4.78, 5) is 63.5. The first-order chi connectivity index (χ1) is 25.2. The van der Waals surface area contributed by atoms with E-state index in [-0.39, 0.29) is 23.2 Å². The van der Waals surface area contributed by atoms with Gasteiger partial charge in [0.2, 0.25) is 0 Å². The van der Waals surface area contributed by atoms with Crippen LogP contribution >= 0.6 is 0 Å². The summed E-state index contributed by atoms with van der Waals surface area (Å²) < 4.78 is 0. The number of rotatable bonds is 10. The summed E-state index contributed by atoms with van der Waals surface area (Å²) in [6.45, 7) is 0. The van der Waals surface area contributed by atoms with Gasteiger partial charge in [0.25, 0.3) is 23.2 Å². The summed E-state index contributed by atoms with van der Waals surface area (Å²) in [7, 11) is 0. The van der Waals surface area contributed by atoms with E-state index in [2.05, 4.69) is 30.6 Å². The number of carbonyl (C=O) groups is 2. The Morgan fingerprint density at radius 3 is 1.31 bits per heavy atom. The number of aromatic nitrogens is 4. The number of non-ortho nitro benzene ring substituents is 2. The van der Waals surface area contributed by atoms with E-state index < -0.39 is 9.85 Å². The number of carbonyl (C=O) groups excluding carboxylic acids is 2. The van der Waals surface area contributed by atoms with Crippen molar-refractivity contribution < 1.29 is 19.4 Å². The third-order valence-electron chi connectivity index (χ3n) is 7.99. The molecule has 14 nitrogen and oxygen atoms in total. The second-order valence-corrected chi connectivity index (χ2v) is 11.5. The minimum Gasteiger partial charge on any atom is -0.337 e. The molecule has 2 amide bonds. The summed E-state index contributed by atoms with van der Waals surface area (Å²) in [6.07, 6.45) is 3.43. The smallest absolute Gasteiger partial charge is 0.271 e. The SMILES string of the molecule is O=C(NC(=Cc1ccc(C=C(NC(=O)c2ccccc2)c2nc3cc([N+](=O)[O-])ccc3[nH]2)cc1)c1nc2cc([N+](=O)[O-])ccc2[nH]1)c1ccccc1. The molecule has 0 radical (unpaired) electrons. The van der Waals surface area contributed by atoms with Gasteiger partial charge in [-0.1, -0.05) is 60.7 Å². The molecule has 14 heteroatoms. The van der Waals surface area contributed by atoms with Crippen molar-refractivity contribution in [3.05, 3.63) is 175 Å². The van der Waals surface area contributed by atoms with E-state index in [1.807, 2.05) is 0 Å². The molecule has 2 aromatic heterocycles. The Morgan fingerprint density at radius 2 is 0.942 bits per heavy atom. The Bertz CT molecular complexity index is 2380. The van der Waals surface area contributed by atoms with Gasteiger partial charge in [0.15, 0.2) is 11.6 Å². The minimum atomic E-state index is -0.503. The Balaban J connectivity index is 1.24. The van der Waals surface area contributed by atoms with E-state index in [1.54, 1.807) is 109 Å². The highest BCUT2D eigenvalue weighted by Crippen LogP contribution is 2.25. The van der Waals surface area contributed by atoms with Crippen LogP contribution in [0.2, 0.25) is 0 Å². The van der Waals surface area contributed by atoms with Crippen molar-refractivity contribution in [2.24, 2.45) is 0 Å². The molecule has 7 aromatic rings. The Kier molecular flexibility index (Phi) is 8.83. The van der Waals surface area contributed by atoms with Crippen molar-refractivity contribution >= 4 is 68.8 Å². The van der Waals surface area contributed by atoms with Gasteiger partial charge in [0.05, 0.1) is 43.3 Å². The van der Waals surface area contributed by atoms with Crippen LogP contribution in [0.3, 0.4) is 0 Å². The predicted molar refractivity (Wildman–Crippen MR) is 195 cm³/mol. The number of nitrogens with one attached hydrogen (secondary N) is 4. The molecule has 0 saturated heterocycles. The Hall–Kier alpha value is -7.74. The van der Waals surface area contributed by atoms with Gasteiger partial charge in [0, 0.05) is 35.4 Å². The Labute approximate surface area is 293 Å². The molecule has 7 rings (SSSR count). The summed E-state index contributed by atoms with van der Waals surface area (Å²) in [5.74, 6) is -0.180. The van der Waals surface area contributed by atoms with Crippen molar-refractivity contribution in [1.82, 2.24) is 30.6 Å². The van der Waals surface area contributed by atoms with Crippen molar-refractivity contribution in [3.63, 3.8) is 0 Å². The molecule has 5 aromatic carbocycles. The van der Waals surface area contributed by atoms with Crippen LogP contribution in [0.15, 0.2) is 121 Å². The number of hydrogen-bond acceptors (Lipinski definition) is 8. The van der Waals surface area contributed by atoms with Crippen LogP contribution in [0.4, 0.5) is 11.4 Å². The van der Waals surface area contributed by atoms with Crippen molar-refractivity contribution in [2.75, 3.05) is 0 Å². The molecular formula is C38H26N8O6. The summed E-state index contributed by atoms with van der Waals surface area (Å²) >= 11 is 0. The van der Waals surface area contributed by atoms with Gasteiger partial charge in [-0.15, -0.1) is 0 Å². The van der Waals surface area contributed by atoms with E-state index in [0.717, 1.165) is 0 Å². The lowest BCUT2D eigenvalue weighted by Gasteiger charge is -2.10. The molecule has 4 N–H and O–H groups in total. The lowest BCUT2D eigenvalue weighted by atomic mass is 10.1. The van der Waals surface area contributed by atoms with Crippen LogP contribution in [0, 0.1) is 20.2 Å². The van der Waals surface area contributed by atoms with Crippen molar-refractivity contribution in [1.29, 1.82) is 0 Å². The lowest BCUT2D eigenvalue weighted by Crippen LogP contribution is -2.22. The molecule has 0 aliphatic rings. The maximum atomic E-state index is 13.2. The predicted octanol–water partition coefficient (Wildman–Crippen LogP) is 7.11. The van der Waals surface area contributed by atoms with Gasteiger partial charge in [-0.05, 0) is 59.7 Å². The number of hydrogen-bond donors (Lipinski definition) is 4. The van der Waals surface area contributed by atoms with E-state index in [4.69, 9.17) is 0 Å². The van der Waals surface area contributed by atoms with Gasteiger partial charge in [-0.2, -0.15) is 0 Å².